The van der Waals surface area contributed by atoms with E-state index < -0.39 is 0 Å². The third kappa shape index (κ3) is 11.1. The number of hydrogen-bond donors (Lipinski definition) is 1. The highest BCUT2D eigenvalue weighted by molar-refractivity contribution is 8.14. The van der Waals surface area contributed by atoms with Gasteiger partial charge in [-0.2, -0.15) is 0 Å². The first-order valence-corrected chi connectivity index (χ1v) is 5.99. The van der Waals surface area contributed by atoms with Crippen molar-refractivity contribution in [2.24, 2.45) is 0 Å². The van der Waals surface area contributed by atoms with Crippen LogP contribution in [0.2, 0.25) is 0 Å². The minimum atomic E-state index is -0.106. The first-order valence-electron chi connectivity index (χ1n) is 5.00. The Morgan fingerprint density at radius 1 is 1.27 bits per heavy atom. The van der Waals surface area contributed by atoms with Gasteiger partial charge in [0, 0.05) is 19.9 Å². The van der Waals surface area contributed by atoms with E-state index in [0.29, 0.717) is 13.0 Å². The molecule has 0 heterocycles. The van der Waals surface area contributed by atoms with E-state index in [-0.39, 0.29) is 16.8 Å². The number of nitrogens with one attached hydrogen (secondary N) is 1. The van der Waals surface area contributed by atoms with E-state index in [1.807, 2.05) is 0 Å². The Morgan fingerprint density at radius 2 is 2.00 bits per heavy atom. The standard InChI is InChI=1S/C10H17NO3S/c1-9(13)15-8-10(14)11-6-4-2-3-5-7-12/h7H,2-6,8H2,1H3,(H,11,14). The fourth-order valence-electron chi connectivity index (χ4n) is 0.975. The maximum atomic E-state index is 11.1. The number of aldehydes is 1. The summed E-state index contributed by atoms with van der Waals surface area (Å²) in [6, 6.07) is 0. The molecule has 0 aliphatic rings. The fourth-order valence-corrected chi connectivity index (χ4v) is 1.41. The van der Waals surface area contributed by atoms with Crippen LogP contribution in [0.1, 0.15) is 32.6 Å². The lowest BCUT2D eigenvalue weighted by atomic mass is 10.2. The molecule has 15 heavy (non-hydrogen) atoms. The van der Waals surface area contributed by atoms with Crippen LogP contribution in [0.15, 0.2) is 0 Å². The number of unbranched alkanes of at least 4 members (excludes halogenated alkanes) is 3. The van der Waals surface area contributed by atoms with Crippen LogP contribution in [-0.4, -0.2) is 29.6 Å². The van der Waals surface area contributed by atoms with Crippen molar-refractivity contribution in [1.82, 2.24) is 5.32 Å². The second-order valence-electron chi connectivity index (χ2n) is 3.15. The Kier molecular flexibility index (Phi) is 9.16. The summed E-state index contributed by atoms with van der Waals surface area (Å²) < 4.78 is 0. The molecule has 1 N–H and O–H groups in total. The summed E-state index contributed by atoms with van der Waals surface area (Å²) in [7, 11) is 0. The van der Waals surface area contributed by atoms with E-state index in [9.17, 15) is 14.4 Å². The van der Waals surface area contributed by atoms with Crippen molar-refractivity contribution < 1.29 is 14.4 Å². The van der Waals surface area contributed by atoms with Gasteiger partial charge in [-0.1, -0.05) is 18.2 Å². The average molecular weight is 231 g/mol. The van der Waals surface area contributed by atoms with Gasteiger partial charge in [-0.15, -0.1) is 0 Å². The van der Waals surface area contributed by atoms with Crippen molar-refractivity contribution in [3.8, 4) is 0 Å². The van der Waals surface area contributed by atoms with Crippen molar-refractivity contribution in [3.63, 3.8) is 0 Å². The van der Waals surface area contributed by atoms with E-state index in [0.717, 1.165) is 37.3 Å². The van der Waals surface area contributed by atoms with Crippen molar-refractivity contribution in [3.05, 3.63) is 0 Å². The zero-order valence-electron chi connectivity index (χ0n) is 8.95. The normalized spacial score (nSPS) is 9.67. The Hall–Kier alpha value is -0.840. The van der Waals surface area contributed by atoms with Crippen LogP contribution in [0.3, 0.4) is 0 Å². The van der Waals surface area contributed by atoms with Crippen LogP contribution in [0.5, 0.6) is 0 Å². The van der Waals surface area contributed by atoms with Crippen molar-refractivity contribution in [2.45, 2.75) is 32.6 Å². The summed E-state index contributed by atoms with van der Waals surface area (Å²) in [5.74, 6) is 0.0921. The molecule has 0 aromatic rings. The third-order valence-corrected chi connectivity index (χ3v) is 2.54. The SMILES string of the molecule is CC(=O)SCC(=O)NCCCCCC=O. The number of carbonyl (C=O) groups excluding carboxylic acids is 3. The smallest absolute Gasteiger partial charge is 0.230 e. The Labute approximate surface area is 94.2 Å². The summed E-state index contributed by atoms with van der Waals surface area (Å²) in [4.78, 5) is 31.6. The number of carbonyl (C=O) groups is 3. The summed E-state index contributed by atoms with van der Waals surface area (Å²) in [5.41, 5.74) is 0. The van der Waals surface area contributed by atoms with Gasteiger partial charge in [-0.25, -0.2) is 0 Å². The lowest BCUT2D eigenvalue weighted by Crippen LogP contribution is -2.26. The highest BCUT2D eigenvalue weighted by Crippen LogP contribution is 2.00. The summed E-state index contributed by atoms with van der Waals surface area (Å²) in [5, 5.41) is 2.67. The molecule has 0 fully saturated rings. The van der Waals surface area contributed by atoms with E-state index in [2.05, 4.69) is 5.32 Å². The van der Waals surface area contributed by atoms with Gasteiger partial charge in [0.2, 0.25) is 5.91 Å². The lowest BCUT2D eigenvalue weighted by molar-refractivity contribution is -0.119. The number of hydrogen-bond acceptors (Lipinski definition) is 4. The van der Waals surface area contributed by atoms with Crippen LogP contribution in [0.4, 0.5) is 0 Å². The Balaban J connectivity index is 3.23. The Morgan fingerprint density at radius 3 is 2.60 bits per heavy atom. The highest BCUT2D eigenvalue weighted by atomic mass is 32.2. The quantitative estimate of drug-likeness (QED) is 0.502. The molecule has 0 spiro atoms. The lowest BCUT2D eigenvalue weighted by Gasteiger charge is -2.03. The third-order valence-electron chi connectivity index (χ3n) is 1.73. The average Bonchev–Trinajstić information content (AvgIpc) is 2.20. The first kappa shape index (κ1) is 14.2. The largest absolute Gasteiger partial charge is 0.355 e. The molecule has 0 bridgehead atoms. The maximum absolute atomic E-state index is 11.1. The van der Waals surface area contributed by atoms with Gasteiger partial charge < -0.3 is 10.1 Å². The molecule has 0 rings (SSSR count). The van der Waals surface area contributed by atoms with Gasteiger partial charge in [0.05, 0.1) is 5.75 Å². The van der Waals surface area contributed by atoms with Gasteiger partial charge in [-0.3, -0.25) is 9.59 Å². The van der Waals surface area contributed by atoms with Crippen molar-refractivity contribution in [2.75, 3.05) is 12.3 Å². The van der Waals surface area contributed by atoms with Crippen molar-refractivity contribution in [1.29, 1.82) is 0 Å². The highest BCUT2D eigenvalue weighted by Gasteiger charge is 2.02. The van der Waals surface area contributed by atoms with Crippen LogP contribution in [0.25, 0.3) is 0 Å². The number of thioether (sulfide) groups is 1. The topological polar surface area (TPSA) is 63.2 Å². The second-order valence-corrected chi connectivity index (χ2v) is 4.30. The van der Waals surface area contributed by atoms with E-state index in [1.54, 1.807) is 0 Å². The first-order chi connectivity index (χ1) is 7.16. The van der Waals surface area contributed by atoms with Crippen molar-refractivity contribution >= 4 is 29.1 Å². The molecule has 0 aromatic heterocycles. The summed E-state index contributed by atoms with van der Waals surface area (Å²) in [6.45, 7) is 2.06. The molecule has 0 saturated carbocycles. The molecule has 1 amide bonds. The predicted octanol–water partition coefficient (Wildman–Crippen LogP) is 1.14. The van der Waals surface area contributed by atoms with Crippen LogP contribution in [0, 0.1) is 0 Å². The second kappa shape index (κ2) is 9.71. The summed E-state index contributed by atoms with van der Waals surface area (Å²) >= 11 is 1.01. The maximum Gasteiger partial charge on any atom is 0.230 e. The minimum absolute atomic E-state index is 0.0452. The van der Waals surface area contributed by atoms with Crippen LogP contribution < -0.4 is 5.32 Å². The monoisotopic (exact) mass is 231 g/mol. The molecular weight excluding hydrogens is 214 g/mol. The molecule has 0 radical (unpaired) electrons. The minimum Gasteiger partial charge on any atom is -0.355 e. The Bertz CT molecular complexity index is 219. The van der Waals surface area contributed by atoms with E-state index in [1.165, 1.54) is 6.92 Å². The van der Waals surface area contributed by atoms with Gasteiger partial charge in [0.15, 0.2) is 5.12 Å². The molecule has 0 saturated heterocycles. The number of amides is 1. The molecule has 0 aliphatic heterocycles. The van der Waals surface area contributed by atoms with Crippen LogP contribution in [-0.2, 0) is 14.4 Å². The zero-order chi connectivity index (χ0) is 11.5. The summed E-state index contributed by atoms with van der Waals surface area (Å²) in [6.07, 6.45) is 4.20. The number of rotatable bonds is 8. The van der Waals surface area contributed by atoms with E-state index in [4.69, 9.17) is 0 Å². The van der Waals surface area contributed by atoms with Gasteiger partial charge in [0.1, 0.15) is 6.29 Å². The predicted molar refractivity (Wildman–Crippen MR) is 60.7 cm³/mol. The zero-order valence-corrected chi connectivity index (χ0v) is 9.77. The molecule has 86 valence electrons. The molecule has 0 aromatic carbocycles. The van der Waals surface area contributed by atoms with E-state index >= 15 is 0 Å². The van der Waals surface area contributed by atoms with Crippen LogP contribution >= 0.6 is 11.8 Å². The molecule has 0 atom stereocenters. The molecular formula is C10H17NO3S. The fraction of sp³-hybridized carbons (Fsp3) is 0.700. The molecule has 0 aliphatic carbocycles. The molecule has 5 heteroatoms. The van der Waals surface area contributed by atoms with Gasteiger partial charge in [-0.05, 0) is 12.8 Å². The van der Waals surface area contributed by atoms with Gasteiger partial charge >= 0.3 is 0 Å². The molecule has 0 unspecified atom stereocenters. The molecule has 4 nitrogen and oxygen atoms in total. The van der Waals surface area contributed by atoms with Gasteiger partial charge in [0.25, 0.3) is 0 Å².